The van der Waals surface area contributed by atoms with Crippen LogP contribution in [0.15, 0.2) is 30.5 Å². The van der Waals surface area contributed by atoms with Gasteiger partial charge in [0.2, 0.25) is 0 Å². The third-order valence-corrected chi connectivity index (χ3v) is 2.62. The van der Waals surface area contributed by atoms with Crippen LogP contribution in [-0.2, 0) is 6.42 Å². The summed E-state index contributed by atoms with van der Waals surface area (Å²) in [6, 6.07) is 8.21. The van der Waals surface area contributed by atoms with Crippen LogP contribution in [0.5, 0.6) is 0 Å². The first-order valence-electron chi connectivity index (χ1n) is 6.21. The molecule has 0 spiro atoms. The Labute approximate surface area is 108 Å². The van der Waals surface area contributed by atoms with Gasteiger partial charge in [-0.2, -0.15) is 10.2 Å². The molecule has 0 atom stereocenters. The molecule has 18 heavy (non-hydrogen) atoms. The highest BCUT2D eigenvalue weighted by Gasteiger charge is 2.06. The molecule has 0 aliphatic rings. The Kier molecular flexibility index (Phi) is 3.62. The molecule has 0 unspecified atom stereocenters. The van der Waals surface area contributed by atoms with Crippen molar-refractivity contribution in [1.82, 2.24) is 10.2 Å². The highest BCUT2D eigenvalue weighted by atomic mass is 15.1. The van der Waals surface area contributed by atoms with Crippen LogP contribution in [0.25, 0.3) is 10.9 Å². The summed E-state index contributed by atoms with van der Waals surface area (Å²) < 4.78 is 0. The number of fused-ring (bicyclic) bond motifs is 1. The Balaban J connectivity index is 2.08. The third kappa shape index (κ3) is 3.56. The van der Waals surface area contributed by atoms with Crippen LogP contribution in [0.4, 0.5) is 0 Å². The van der Waals surface area contributed by atoms with Crippen LogP contribution in [0.2, 0.25) is 0 Å². The highest BCUT2D eigenvalue weighted by Crippen LogP contribution is 2.17. The Bertz CT molecular complexity index is 598. The lowest BCUT2D eigenvalue weighted by Crippen LogP contribution is -2.02. The Morgan fingerprint density at radius 1 is 1.11 bits per heavy atom. The summed E-state index contributed by atoms with van der Waals surface area (Å²) >= 11 is 0. The van der Waals surface area contributed by atoms with Crippen LogP contribution >= 0.6 is 0 Å². The maximum atomic E-state index is 4.11. The Hall–Kier alpha value is -1.88. The summed E-state index contributed by atoms with van der Waals surface area (Å²) in [7, 11) is 0. The average molecular weight is 238 g/mol. The highest BCUT2D eigenvalue weighted by molar-refractivity contribution is 5.78. The molecule has 92 valence electrons. The van der Waals surface area contributed by atoms with Crippen LogP contribution < -0.4 is 0 Å². The van der Waals surface area contributed by atoms with Crippen molar-refractivity contribution < 1.29 is 0 Å². The maximum absolute atomic E-state index is 4.11. The zero-order chi connectivity index (χ0) is 13.0. The zero-order valence-electron chi connectivity index (χ0n) is 11.2. The molecule has 0 radical (unpaired) electrons. The standard InChI is InChI=1S/C16H18N2/c1-16(2,3)10-5-4-6-13-7-8-14-9-11-17-18-15(14)12-13/h7-9,11-12H,6,10H2,1-3H3. The predicted molar refractivity (Wildman–Crippen MR) is 75.1 cm³/mol. The largest absolute Gasteiger partial charge is 0.159 e. The molecule has 2 rings (SSSR count). The van der Waals surface area contributed by atoms with Gasteiger partial charge in [0.05, 0.1) is 11.7 Å². The van der Waals surface area contributed by atoms with Crippen molar-refractivity contribution in [3.8, 4) is 11.8 Å². The van der Waals surface area contributed by atoms with E-state index < -0.39 is 0 Å². The lowest BCUT2D eigenvalue weighted by molar-refractivity contribution is 0.428. The van der Waals surface area contributed by atoms with Gasteiger partial charge in [-0.05, 0) is 23.1 Å². The molecule has 0 aliphatic carbocycles. The Morgan fingerprint density at radius 3 is 2.72 bits per heavy atom. The van der Waals surface area contributed by atoms with Crippen LogP contribution in [0.1, 0.15) is 32.8 Å². The minimum atomic E-state index is 0.280. The maximum Gasteiger partial charge on any atom is 0.0932 e. The second-order valence-corrected chi connectivity index (χ2v) is 5.69. The van der Waals surface area contributed by atoms with E-state index >= 15 is 0 Å². The summed E-state index contributed by atoms with van der Waals surface area (Å²) in [5, 5.41) is 9.13. The van der Waals surface area contributed by atoms with E-state index in [-0.39, 0.29) is 5.41 Å². The first-order valence-corrected chi connectivity index (χ1v) is 6.21. The molecule has 2 nitrogen and oxygen atoms in total. The molecule has 0 amide bonds. The van der Waals surface area contributed by atoms with Crippen molar-refractivity contribution >= 4 is 10.9 Å². The van der Waals surface area contributed by atoms with Crippen LogP contribution in [-0.4, -0.2) is 10.2 Å². The van der Waals surface area contributed by atoms with Gasteiger partial charge in [-0.1, -0.05) is 38.8 Å². The molecule has 0 N–H and O–H groups in total. The molecule has 0 bridgehead atoms. The minimum absolute atomic E-state index is 0.280. The molecular formula is C16H18N2. The van der Waals surface area contributed by atoms with Crippen molar-refractivity contribution in [3.63, 3.8) is 0 Å². The molecule has 1 aromatic heterocycles. The Morgan fingerprint density at radius 2 is 1.94 bits per heavy atom. The van der Waals surface area contributed by atoms with E-state index in [1.54, 1.807) is 6.20 Å². The number of rotatable bonds is 1. The van der Waals surface area contributed by atoms with E-state index in [0.717, 1.165) is 23.7 Å². The number of nitrogens with zero attached hydrogens (tertiary/aromatic N) is 2. The molecule has 0 saturated carbocycles. The second kappa shape index (κ2) is 5.18. The van der Waals surface area contributed by atoms with Crippen molar-refractivity contribution in [2.75, 3.05) is 0 Å². The van der Waals surface area contributed by atoms with Gasteiger partial charge in [-0.15, -0.1) is 5.92 Å². The fourth-order valence-electron chi connectivity index (χ4n) is 1.63. The molecule has 2 heteroatoms. The van der Waals surface area contributed by atoms with Gasteiger partial charge >= 0.3 is 0 Å². The topological polar surface area (TPSA) is 25.8 Å². The fraction of sp³-hybridized carbons (Fsp3) is 0.375. The monoisotopic (exact) mass is 238 g/mol. The number of hydrogen-bond acceptors (Lipinski definition) is 2. The molecule has 1 heterocycles. The van der Waals surface area contributed by atoms with Crippen LogP contribution in [0.3, 0.4) is 0 Å². The summed E-state index contributed by atoms with van der Waals surface area (Å²) in [5.74, 6) is 6.46. The predicted octanol–water partition coefficient (Wildman–Crippen LogP) is 3.61. The fourth-order valence-corrected chi connectivity index (χ4v) is 1.63. The summed E-state index contributed by atoms with van der Waals surface area (Å²) in [6.07, 6.45) is 3.42. The summed E-state index contributed by atoms with van der Waals surface area (Å²) in [4.78, 5) is 0. The molecule has 0 aliphatic heterocycles. The van der Waals surface area contributed by atoms with Gasteiger partial charge in [-0.25, -0.2) is 0 Å². The third-order valence-electron chi connectivity index (χ3n) is 2.62. The first-order chi connectivity index (χ1) is 8.54. The zero-order valence-corrected chi connectivity index (χ0v) is 11.2. The number of benzene rings is 1. The molecule has 2 aromatic rings. The second-order valence-electron chi connectivity index (χ2n) is 5.69. The number of aromatic nitrogens is 2. The molecular weight excluding hydrogens is 220 g/mol. The van der Waals surface area contributed by atoms with E-state index in [2.05, 4.69) is 61.0 Å². The van der Waals surface area contributed by atoms with E-state index in [0.29, 0.717) is 0 Å². The van der Waals surface area contributed by atoms with Gasteiger partial charge in [0.15, 0.2) is 0 Å². The van der Waals surface area contributed by atoms with Crippen molar-refractivity contribution in [1.29, 1.82) is 0 Å². The van der Waals surface area contributed by atoms with Crippen molar-refractivity contribution in [2.24, 2.45) is 5.41 Å². The first kappa shape index (κ1) is 12.6. The normalized spacial score (nSPS) is 11.1. The van der Waals surface area contributed by atoms with E-state index in [1.165, 1.54) is 5.56 Å². The van der Waals surface area contributed by atoms with Crippen LogP contribution in [0, 0.1) is 17.3 Å². The average Bonchev–Trinajstić information content (AvgIpc) is 2.33. The van der Waals surface area contributed by atoms with E-state index in [1.807, 2.05) is 6.07 Å². The summed E-state index contributed by atoms with van der Waals surface area (Å²) in [5.41, 5.74) is 2.42. The summed E-state index contributed by atoms with van der Waals surface area (Å²) in [6.45, 7) is 6.61. The van der Waals surface area contributed by atoms with Crippen molar-refractivity contribution in [3.05, 3.63) is 36.0 Å². The van der Waals surface area contributed by atoms with Crippen molar-refractivity contribution in [2.45, 2.75) is 33.6 Å². The van der Waals surface area contributed by atoms with Gasteiger partial charge in [-0.3, -0.25) is 0 Å². The lowest BCUT2D eigenvalue weighted by Gasteiger charge is -2.12. The van der Waals surface area contributed by atoms with E-state index in [9.17, 15) is 0 Å². The molecule has 0 saturated heterocycles. The minimum Gasteiger partial charge on any atom is -0.159 e. The lowest BCUT2D eigenvalue weighted by atomic mass is 9.93. The van der Waals surface area contributed by atoms with Gasteiger partial charge in [0.25, 0.3) is 0 Å². The molecule has 1 aromatic carbocycles. The SMILES string of the molecule is CC(C)(C)CC#CCc1ccc2ccnnc2c1. The number of hydrogen-bond donors (Lipinski definition) is 0. The quantitative estimate of drug-likeness (QED) is 0.709. The smallest absolute Gasteiger partial charge is 0.0932 e. The van der Waals surface area contributed by atoms with E-state index in [4.69, 9.17) is 0 Å². The van der Waals surface area contributed by atoms with Gasteiger partial charge < -0.3 is 0 Å². The van der Waals surface area contributed by atoms with Gasteiger partial charge in [0.1, 0.15) is 0 Å². The van der Waals surface area contributed by atoms with Gasteiger partial charge in [0, 0.05) is 18.2 Å². The molecule has 0 fully saturated rings.